The second-order valence-electron chi connectivity index (χ2n) is 7.50. The van der Waals surface area contributed by atoms with Gasteiger partial charge in [0.1, 0.15) is 5.54 Å². The maximum Gasteiger partial charge on any atom is 0.241 e. The lowest BCUT2D eigenvalue weighted by molar-refractivity contribution is -0.175. The third-order valence-electron chi connectivity index (χ3n) is 5.65. The number of fused-ring (bicyclic) bond motifs is 1. The van der Waals surface area contributed by atoms with Crippen LogP contribution in [-0.4, -0.2) is 30.2 Å². The number of carbonyl (C=O) groups is 1. The number of nitrogens with two attached hydrogens (primary N) is 1. The van der Waals surface area contributed by atoms with Gasteiger partial charge in [0.2, 0.25) is 5.91 Å². The number of hydrogen-bond donors (Lipinski definition) is 2. The molecule has 0 radical (unpaired) electrons. The number of carbonyl (C=O) groups excluding carboxylic acids is 1. The molecule has 4 unspecified atom stereocenters. The minimum absolute atomic E-state index is 0.0230. The second kappa shape index (κ2) is 3.28. The number of hydrogen-bond acceptors (Lipinski definition) is 3. The summed E-state index contributed by atoms with van der Waals surface area (Å²) in [7, 11) is 0. The average molecular weight is 252 g/mol. The van der Waals surface area contributed by atoms with Gasteiger partial charge in [-0.15, -0.1) is 0 Å². The first-order chi connectivity index (χ1) is 8.21. The Morgan fingerprint density at radius 2 is 1.94 bits per heavy atom. The molecule has 4 nitrogen and oxygen atoms in total. The maximum atomic E-state index is 12.6. The number of amides is 1. The molecule has 0 aromatic rings. The highest BCUT2D eigenvalue weighted by molar-refractivity contribution is 5.90. The van der Waals surface area contributed by atoms with E-state index in [4.69, 9.17) is 10.5 Å². The van der Waals surface area contributed by atoms with Gasteiger partial charge in [-0.25, -0.2) is 0 Å². The van der Waals surface area contributed by atoms with Crippen molar-refractivity contribution in [2.24, 2.45) is 22.5 Å². The van der Waals surface area contributed by atoms with E-state index in [0.29, 0.717) is 6.04 Å². The highest BCUT2D eigenvalue weighted by Gasteiger charge is 2.71. The molecule has 4 heteroatoms. The van der Waals surface area contributed by atoms with E-state index in [-0.39, 0.29) is 28.8 Å². The lowest BCUT2D eigenvalue weighted by Crippen LogP contribution is -2.80. The van der Waals surface area contributed by atoms with Gasteiger partial charge in [-0.2, -0.15) is 0 Å². The largest absolute Gasteiger partial charge is 0.377 e. The molecule has 1 heterocycles. The Morgan fingerprint density at radius 3 is 2.50 bits per heavy atom. The number of nitrogens with one attached hydrogen (secondary N) is 1. The van der Waals surface area contributed by atoms with Crippen LogP contribution in [0.15, 0.2) is 0 Å². The van der Waals surface area contributed by atoms with Crippen LogP contribution in [0.2, 0.25) is 0 Å². The third-order valence-corrected chi connectivity index (χ3v) is 5.65. The molecule has 3 fully saturated rings. The van der Waals surface area contributed by atoms with Crippen molar-refractivity contribution in [1.29, 1.82) is 0 Å². The van der Waals surface area contributed by atoms with E-state index >= 15 is 0 Å². The average Bonchev–Trinajstić information content (AvgIpc) is 2.74. The number of ether oxygens (including phenoxy) is 1. The van der Waals surface area contributed by atoms with E-state index < -0.39 is 5.54 Å². The van der Waals surface area contributed by atoms with E-state index in [1.165, 1.54) is 0 Å². The minimum Gasteiger partial charge on any atom is -0.377 e. The monoisotopic (exact) mass is 252 g/mol. The van der Waals surface area contributed by atoms with Crippen molar-refractivity contribution in [3.8, 4) is 0 Å². The Morgan fingerprint density at radius 1 is 1.33 bits per heavy atom. The highest BCUT2D eigenvalue weighted by atomic mass is 16.5. The van der Waals surface area contributed by atoms with Gasteiger partial charge >= 0.3 is 0 Å². The molecule has 1 aliphatic heterocycles. The van der Waals surface area contributed by atoms with Gasteiger partial charge in [0, 0.05) is 24.0 Å². The summed E-state index contributed by atoms with van der Waals surface area (Å²) in [6, 6.07) is 0.294. The zero-order valence-corrected chi connectivity index (χ0v) is 11.7. The smallest absolute Gasteiger partial charge is 0.241 e. The summed E-state index contributed by atoms with van der Waals surface area (Å²) in [5, 5.41) is 3.14. The standard InChI is InChI=1S/C14H24N2O2/c1-12(2)7-9(12)16-11(17)14(15)8-5-6-18-10(8)13(14,3)4/h8-10H,5-7,15H2,1-4H3,(H,16,17). The predicted molar refractivity (Wildman–Crippen MR) is 68.9 cm³/mol. The highest BCUT2D eigenvalue weighted by Crippen LogP contribution is 2.58. The molecule has 102 valence electrons. The van der Waals surface area contributed by atoms with Crippen molar-refractivity contribution in [2.45, 2.75) is 58.2 Å². The van der Waals surface area contributed by atoms with E-state index in [2.05, 4.69) is 33.0 Å². The van der Waals surface area contributed by atoms with E-state index in [1.807, 2.05) is 0 Å². The third kappa shape index (κ3) is 1.31. The summed E-state index contributed by atoms with van der Waals surface area (Å²) < 4.78 is 5.71. The van der Waals surface area contributed by atoms with Gasteiger partial charge in [0.15, 0.2) is 0 Å². The predicted octanol–water partition coefficient (Wildman–Crippen LogP) is 1.04. The maximum absolute atomic E-state index is 12.6. The molecule has 0 aromatic heterocycles. The summed E-state index contributed by atoms with van der Waals surface area (Å²) >= 11 is 0. The molecule has 4 atom stereocenters. The first kappa shape index (κ1) is 12.4. The minimum atomic E-state index is -0.757. The lowest BCUT2D eigenvalue weighted by Gasteiger charge is -2.60. The first-order valence-electron chi connectivity index (χ1n) is 6.93. The van der Waals surface area contributed by atoms with Gasteiger partial charge in [-0.1, -0.05) is 27.7 Å². The van der Waals surface area contributed by atoms with Crippen LogP contribution in [0.25, 0.3) is 0 Å². The Kier molecular flexibility index (Phi) is 2.27. The molecule has 3 aliphatic rings. The Balaban J connectivity index is 1.76. The van der Waals surface area contributed by atoms with Crippen molar-refractivity contribution >= 4 is 5.91 Å². The van der Waals surface area contributed by atoms with Crippen LogP contribution in [0.4, 0.5) is 0 Å². The van der Waals surface area contributed by atoms with E-state index in [9.17, 15) is 4.79 Å². The van der Waals surface area contributed by atoms with Crippen molar-refractivity contribution in [2.75, 3.05) is 6.61 Å². The summed E-state index contributed by atoms with van der Waals surface area (Å²) in [5.41, 5.74) is 5.70. The lowest BCUT2D eigenvalue weighted by atomic mass is 9.48. The molecule has 18 heavy (non-hydrogen) atoms. The molecule has 3 rings (SSSR count). The van der Waals surface area contributed by atoms with Gasteiger partial charge in [0.25, 0.3) is 0 Å². The van der Waals surface area contributed by atoms with Crippen LogP contribution in [0.5, 0.6) is 0 Å². The molecular weight excluding hydrogens is 228 g/mol. The second-order valence-corrected chi connectivity index (χ2v) is 7.50. The van der Waals surface area contributed by atoms with Crippen LogP contribution >= 0.6 is 0 Å². The zero-order chi connectivity index (χ0) is 13.3. The van der Waals surface area contributed by atoms with Crippen LogP contribution in [0.1, 0.15) is 40.5 Å². The summed E-state index contributed by atoms with van der Waals surface area (Å²) in [4.78, 5) is 12.6. The molecule has 2 aliphatic carbocycles. The first-order valence-corrected chi connectivity index (χ1v) is 6.93. The van der Waals surface area contributed by atoms with Crippen molar-refractivity contribution in [3.05, 3.63) is 0 Å². The molecule has 3 N–H and O–H groups in total. The van der Waals surface area contributed by atoms with Gasteiger partial charge < -0.3 is 15.8 Å². The quantitative estimate of drug-likeness (QED) is 0.772. The zero-order valence-electron chi connectivity index (χ0n) is 11.7. The normalized spacial score (nSPS) is 47.1. The molecule has 0 spiro atoms. The van der Waals surface area contributed by atoms with Crippen LogP contribution in [0, 0.1) is 16.7 Å². The molecule has 1 amide bonds. The fraction of sp³-hybridized carbons (Fsp3) is 0.929. The van der Waals surface area contributed by atoms with Gasteiger partial charge in [-0.05, 0) is 18.3 Å². The Labute approximate surface area is 109 Å². The molecular formula is C14H24N2O2. The van der Waals surface area contributed by atoms with E-state index in [0.717, 1.165) is 19.4 Å². The SMILES string of the molecule is CC1(C)CC1NC(=O)C1(N)C2CCOC2C1(C)C. The van der Waals surface area contributed by atoms with Crippen molar-refractivity contribution in [3.63, 3.8) is 0 Å². The summed E-state index contributed by atoms with van der Waals surface area (Å²) in [6.45, 7) is 9.19. The van der Waals surface area contributed by atoms with Crippen molar-refractivity contribution < 1.29 is 9.53 Å². The molecule has 2 saturated carbocycles. The Hall–Kier alpha value is -0.610. The van der Waals surface area contributed by atoms with Crippen LogP contribution < -0.4 is 11.1 Å². The summed E-state index contributed by atoms with van der Waals surface area (Å²) in [5.74, 6) is 0.212. The van der Waals surface area contributed by atoms with Gasteiger partial charge in [-0.3, -0.25) is 4.79 Å². The molecule has 0 bridgehead atoms. The fourth-order valence-corrected chi connectivity index (χ4v) is 3.84. The number of rotatable bonds is 2. The fourth-order valence-electron chi connectivity index (χ4n) is 3.84. The molecule has 1 saturated heterocycles. The topological polar surface area (TPSA) is 64.4 Å². The van der Waals surface area contributed by atoms with Crippen molar-refractivity contribution in [1.82, 2.24) is 5.32 Å². The Bertz CT molecular complexity index is 405. The van der Waals surface area contributed by atoms with E-state index in [1.54, 1.807) is 0 Å². The molecule has 0 aromatic carbocycles. The summed E-state index contributed by atoms with van der Waals surface area (Å²) in [6.07, 6.45) is 2.12. The van der Waals surface area contributed by atoms with Crippen LogP contribution in [-0.2, 0) is 9.53 Å². The van der Waals surface area contributed by atoms with Gasteiger partial charge in [0.05, 0.1) is 6.10 Å². The van der Waals surface area contributed by atoms with Crippen LogP contribution in [0.3, 0.4) is 0 Å².